The van der Waals surface area contributed by atoms with Crippen molar-refractivity contribution in [2.75, 3.05) is 39.3 Å². The van der Waals surface area contributed by atoms with Crippen LogP contribution in [0.15, 0.2) is 23.2 Å². The Bertz CT molecular complexity index is 619. The summed E-state index contributed by atoms with van der Waals surface area (Å²) in [6, 6.07) is 7.15. The maximum absolute atomic E-state index is 5.40. The molecule has 0 spiro atoms. The third-order valence-electron chi connectivity index (χ3n) is 5.66. The van der Waals surface area contributed by atoms with Crippen LogP contribution in [0.3, 0.4) is 0 Å². The molecule has 1 saturated heterocycles. The average molecular weight is 375 g/mol. The van der Waals surface area contributed by atoms with Crippen molar-refractivity contribution in [2.45, 2.75) is 51.1 Å². The SMILES string of the molecule is CCCC1CC1NC(=NC)NC1CCN(c2cc(OC)cc(OC)c2)CC1. The van der Waals surface area contributed by atoms with E-state index >= 15 is 0 Å². The lowest BCUT2D eigenvalue weighted by Crippen LogP contribution is -2.49. The number of methoxy groups -OCH3 is 2. The largest absolute Gasteiger partial charge is 0.497 e. The molecule has 6 nitrogen and oxygen atoms in total. The molecule has 27 heavy (non-hydrogen) atoms. The Morgan fingerprint density at radius 2 is 1.78 bits per heavy atom. The van der Waals surface area contributed by atoms with Crippen LogP contribution in [0.5, 0.6) is 11.5 Å². The van der Waals surface area contributed by atoms with Crippen LogP contribution >= 0.6 is 0 Å². The molecule has 0 bridgehead atoms. The quantitative estimate of drug-likeness (QED) is 0.567. The molecule has 1 aliphatic carbocycles. The van der Waals surface area contributed by atoms with Crippen molar-refractivity contribution >= 4 is 11.6 Å². The molecule has 0 amide bonds. The monoisotopic (exact) mass is 374 g/mol. The molecule has 1 aliphatic heterocycles. The molecule has 1 aromatic rings. The van der Waals surface area contributed by atoms with Gasteiger partial charge in [0.25, 0.3) is 0 Å². The van der Waals surface area contributed by atoms with Gasteiger partial charge >= 0.3 is 0 Å². The minimum atomic E-state index is 0.461. The Morgan fingerprint density at radius 3 is 2.33 bits per heavy atom. The predicted octanol–water partition coefficient (Wildman–Crippen LogP) is 3.03. The Labute approximate surface area is 163 Å². The molecule has 1 heterocycles. The lowest BCUT2D eigenvalue weighted by atomic mass is 10.0. The highest BCUT2D eigenvalue weighted by Crippen LogP contribution is 2.34. The van der Waals surface area contributed by atoms with Crippen LogP contribution in [0.1, 0.15) is 39.0 Å². The minimum Gasteiger partial charge on any atom is -0.497 e. The van der Waals surface area contributed by atoms with Gasteiger partial charge in [-0.15, -0.1) is 0 Å². The second-order valence-corrected chi connectivity index (χ2v) is 7.58. The van der Waals surface area contributed by atoms with E-state index in [1.165, 1.54) is 19.3 Å². The molecule has 2 N–H and O–H groups in total. The molecule has 150 valence electrons. The van der Waals surface area contributed by atoms with Crippen molar-refractivity contribution in [1.82, 2.24) is 10.6 Å². The van der Waals surface area contributed by atoms with Crippen LogP contribution in [-0.2, 0) is 0 Å². The molecular formula is C21H34N4O2. The van der Waals surface area contributed by atoms with Crippen molar-refractivity contribution in [1.29, 1.82) is 0 Å². The molecule has 6 heteroatoms. The van der Waals surface area contributed by atoms with Crippen molar-refractivity contribution in [3.8, 4) is 11.5 Å². The van der Waals surface area contributed by atoms with E-state index in [4.69, 9.17) is 9.47 Å². The van der Waals surface area contributed by atoms with Gasteiger partial charge in [0.1, 0.15) is 11.5 Å². The summed E-state index contributed by atoms with van der Waals surface area (Å²) in [7, 11) is 5.25. The van der Waals surface area contributed by atoms with E-state index in [1.807, 2.05) is 13.1 Å². The van der Waals surface area contributed by atoms with E-state index < -0.39 is 0 Å². The molecule has 1 saturated carbocycles. The van der Waals surface area contributed by atoms with Crippen molar-refractivity contribution in [2.24, 2.45) is 10.9 Å². The Morgan fingerprint density at radius 1 is 1.11 bits per heavy atom. The number of hydrogen-bond donors (Lipinski definition) is 2. The second-order valence-electron chi connectivity index (χ2n) is 7.58. The summed E-state index contributed by atoms with van der Waals surface area (Å²) in [6.07, 6.45) is 6.04. The summed E-state index contributed by atoms with van der Waals surface area (Å²) in [5.74, 6) is 3.46. The highest BCUT2D eigenvalue weighted by atomic mass is 16.5. The smallest absolute Gasteiger partial charge is 0.191 e. The van der Waals surface area contributed by atoms with Gasteiger partial charge in [-0.2, -0.15) is 0 Å². The number of nitrogens with one attached hydrogen (secondary N) is 2. The highest BCUT2D eigenvalue weighted by molar-refractivity contribution is 5.80. The van der Waals surface area contributed by atoms with Gasteiger partial charge < -0.3 is 25.0 Å². The first-order chi connectivity index (χ1) is 13.2. The molecule has 2 unspecified atom stereocenters. The Balaban J connectivity index is 1.50. The summed E-state index contributed by atoms with van der Waals surface area (Å²) in [6.45, 7) is 4.27. The lowest BCUT2D eigenvalue weighted by molar-refractivity contribution is 0.393. The summed E-state index contributed by atoms with van der Waals surface area (Å²) < 4.78 is 10.8. The van der Waals surface area contributed by atoms with Gasteiger partial charge in [-0.1, -0.05) is 13.3 Å². The van der Waals surface area contributed by atoms with Crippen LogP contribution in [0.25, 0.3) is 0 Å². The average Bonchev–Trinajstić information content (AvgIpc) is 3.45. The number of benzene rings is 1. The number of ether oxygens (including phenoxy) is 2. The Kier molecular flexibility index (Phi) is 6.69. The van der Waals surface area contributed by atoms with Gasteiger partial charge in [0.2, 0.25) is 0 Å². The number of rotatable bonds is 7. The zero-order valence-electron chi connectivity index (χ0n) is 17.1. The van der Waals surface area contributed by atoms with E-state index in [0.29, 0.717) is 12.1 Å². The van der Waals surface area contributed by atoms with Crippen LogP contribution in [0.2, 0.25) is 0 Å². The number of anilines is 1. The summed E-state index contributed by atoms with van der Waals surface area (Å²) in [5.41, 5.74) is 1.16. The first-order valence-electron chi connectivity index (χ1n) is 10.1. The van der Waals surface area contributed by atoms with Crippen molar-refractivity contribution < 1.29 is 9.47 Å². The van der Waals surface area contributed by atoms with Gasteiger partial charge in [-0.05, 0) is 31.6 Å². The molecule has 0 aromatic heterocycles. The Hall–Kier alpha value is -2.11. The molecule has 1 aromatic carbocycles. The van der Waals surface area contributed by atoms with Crippen molar-refractivity contribution in [3.05, 3.63) is 18.2 Å². The fraction of sp³-hybridized carbons (Fsp3) is 0.667. The van der Waals surface area contributed by atoms with Gasteiger partial charge in [-0.3, -0.25) is 4.99 Å². The number of hydrogen-bond acceptors (Lipinski definition) is 4. The summed E-state index contributed by atoms with van der Waals surface area (Å²) in [5, 5.41) is 7.21. The first kappa shape index (κ1) is 19.6. The number of aliphatic imine (C=N–C) groups is 1. The van der Waals surface area contributed by atoms with Crippen LogP contribution < -0.4 is 25.0 Å². The van der Waals surface area contributed by atoms with E-state index in [9.17, 15) is 0 Å². The summed E-state index contributed by atoms with van der Waals surface area (Å²) >= 11 is 0. The van der Waals surface area contributed by atoms with E-state index in [0.717, 1.165) is 55.0 Å². The van der Waals surface area contributed by atoms with Gasteiger partial charge in [-0.25, -0.2) is 0 Å². The number of nitrogens with zero attached hydrogens (tertiary/aromatic N) is 2. The van der Waals surface area contributed by atoms with E-state index in [2.05, 4.69) is 39.6 Å². The fourth-order valence-electron chi connectivity index (χ4n) is 3.91. The fourth-order valence-corrected chi connectivity index (χ4v) is 3.91. The van der Waals surface area contributed by atoms with E-state index in [-0.39, 0.29) is 0 Å². The lowest BCUT2D eigenvalue weighted by Gasteiger charge is -2.34. The summed E-state index contributed by atoms with van der Waals surface area (Å²) in [4.78, 5) is 6.83. The number of guanidine groups is 1. The zero-order chi connectivity index (χ0) is 19.2. The third-order valence-corrected chi connectivity index (χ3v) is 5.66. The minimum absolute atomic E-state index is 0.461. The molecule has 0 radical (unpaired) electrons. The molecule has 2 fully saturated rings. The molecular weight excluding hydrogens is 340 g/mol. The van der Waals surface area contributed by atoms with E-state index in [1.54, 1.807) is 14.2 Å². The van der Waals surface area contributed by atoms with Crippen LogP contribution in [0.4, 0.5) is 5.69 Å². The maximum Gasteiger partial charge on any atom is 0.191 e. The molecule has 3 rings (SSSR count). The highest BCUT2D eigenvalue weighted by Gasteiger charge is 2.36. The van der Waals surface area contributed by atoms with Gasteiger partial charge in [0, 0.05) is 56.1 Å². The topological polar surface area (TPSA) is 58.1 Å². The zero-order valence-corrected chi connectivity index (χ0v) is 17.1. The van der Waals surface area contributed by atoms with Crippen LogP contribution in [-0.4, -0.2) is 52.4 Å². The van der Waals surface area contributed by atoms with Crippen molar-refractivity contribution in [3.63, 3.8) is 0 Å². The van der Waals surface area contributed by atoms with Crippen LogP contribution in [0, 0.1) is 5.92 Å². The normalized spacial score (nSPS) is 23.1. The predicted molar refractivity (Wildman–Crippen MR) is 111 cm³/mol. The molecule has 2 atom stereocenters. The third kappa shape index (κ3) is 5.21. The number of piperidine rings is 1. The van der Waals surface area contributed by atoms with Gasteiger partial charge in [0.15, 0.2) is 5.96 Å². The maximum atomic E-state index is 5.40. The standard InChI is InChI=1S/C21H34N4O2/c1-5-6-15-11-20(15)24-21(22-2)23-16-7-9-25(10-8-16)17-12-18(26-3)14-19(13-17)27-4/h12-16,20H,5-11H2,1-4H3,(H2,22,23,24). The van der Waals surface area contributed by atoms with Gasteiger partial charge in [0.05, 0.1) is 14.2 Å². The molecule has 2 aliphatic rings. The first-order valence-corrected chi connectivity index (χ1v) is 10.1. The second kappa shape index (κ2) is 9.20.